The van der Waals surface area contributed by atoms with Gasteiger partial charge in [-0.2, -0.15) is 0 Å². The summed E-state index contributed by atoms with van der Waals surface area (Å²) in [7, 11) is 1.66. The molecule has 0 bridgehead atoms. The number of ether oxygens (including phenoxy) is 1. The molecule has 0 radical (unpaired) electrons. The van der Waals surface area contributed by atoms with Gasteiger partial charge in [0, 0.05) is 21.9 Å². The zero-order valence-electron chi connectivity index (χ0n) is 13.2. The van der Waals surface area contributed by atoms with Gasteiger partial charge < -0.3 is 4.74 Å². The second kappa shape index (κ2) is 5.78. The largest absolute Gasteiger partial charge is 0.497 e. The molecular formula is C21H15NO2. The molecule has 0 saturated carbocycles. The number of pyridine rings is 1. The Labute approximate surface area is 139 Å². The van der Waals surface area contributed by atoms with Crippen LogP contribution in [0.15, 0.2) is 66.7 Å². The fourth-order valence-corrected chi connectivity index (χ4v) is 3.04. The van der Waals surface area contributed by atoms with Crippen LogP contribution in [0.2, 0.25) is 0 Å². The van der Waals surface area contributed by atoms with E-state index >= 15 is 0 Å². The maximum atomic E-state index is 10.9. The highest BCUT2D eigenvalue weighted by atomic mass is 16.5. The molecule has 0 amide bonds. The van der Waals surface area contributed by atoms with Crippen molar-refractivity contribution < 1.29 is 9.53 Å². The normalized spacial score (nSPS) is 10.9. The van der Waals surface area contributed by atoms with Gasteiger partial charge in [0.25, 0.3) is 0 Å². The first-order valence-electron chi connectivity index (χ1n) is 7.72. The van der Waals surface area contributed by atoms with Gasteiger partial charge in [0.05, 0.1) is 18.1 Å². The fraction of sp³-hybridized carbons (Fsp3) is 0.0476. The molecule has 0 aliphatic heterocycles. The number of para-hydroxylation sites is 1. The third-order valence-corrected chi connectivity index (χ3v) is 4.22. The molecule has 0 fully saturated rings. The maximum absolute atomic E-state index is 10.9. The molecule has 0 saturated heterocycles. The molecule has 24 heavy (non-hydrogen) atoms. The number of carbonyl (C=O) groups is 1. The summed E-state index contributed by atoms with van der Waals surface area (Å²) in [4.78, 5) is 15.7. The van der Waals surface area contributed by atoms with E-state index < -0.39 is 0 Å². The first-order valence-corrected chi connectivity index (χ1v) is 7.72. The summed E-state index contributed by atoms with van der Waals surface area (Å²) in [6.45, 7) is 0. The molecule has 1 aromatic heterocycles. The van der Waals surface area contributed by atoms with E-state index in [9.17, 15) is 4.79 Å². The maximum Gasteiger partial charge on any atom is 0.150 e. The van der Waals surface area contributed by atoms with Crippen LogP contribution in [0.4, 0.5) is 0 Å². The highest BCUT2D eigenvalue weighted by molar-refractivity contribution is 6.09. The number of rotatable bonds is 3. The SMILES string of the molecule is COc1ccc2nc3ccccc3c(-c3ccc(C=O)cc3)c2c1. The summed E-state index contributed by atoms with van der Waals surface area (Å²) in [5.41, 5.74) is 4.69. The lowest BCUT2D eigenvalue weighted by molar-refractivity contribution is 0.112. The molecule has 3 aromatic carbocycles. The molecule has 3 nitrogen and oxygen atoms in total. The quantitative estimate of drug-likeness (QED) is 0.400. The van der Waals surface area contributed by atoms with Crippen molar-refractivity contribution in [3.8, 4) is 16.9 Å². The van der Waals surface area contributed by atoms with Crippen LogP contribution < -0.4 is 4.74 Å². The summed E-state index contributed by atoms with van der Waals surface area (Å²) in [5, 5.41) is 2.11. The molecule has 4 aromatic rings. The van der Waals surface area contributed by atoms with Crippen LogP contribution >= 0.6 is 0 Å². The van der Waals surface area contributed by atoms with Crippen LogP contribution in [0.1, 0.15) is 10.4 Å². The number of nitrogens with zero attached hydrogens (tertiary/aromatic N) is 1. The summed E-state index contributed by atoms with van der Waals surface area (Å²) < 4.78 is 5.39. The van der Waals surface area contributed by atoms with Gasteiger partial charge in [-0.25, -0.2) is 4.98 Å². The van der Waals surface area contributed by atoms with Crippen molar-refractivity contribution in [3.05, 3.63) is 72.3 Å². The summed E-state index contributed by atoms with van der Waals surface area (Å²) >= 11 is 0. The van der Waals surface area contributed by atoms with Crippen molar-refractivity contribution in [3.63, 3.8) is 0 Å². The van der Waals surface area contributed by atoms with Gasteiger partial charge in [-0.3, -0.25) is 4.79 Å². The van der Waals surface area contributed by atoms with E-state index in [-0.39, 0.29) is 0 Å². The van der Waals surface area contributed by atoms with Gasteiger partial charge in [-0.05, 0) is 29.8 Å². The summed E-state index contributed by atoms with van der Waals surface area (Å²) in [6, 6.07) is 21.6. The molecule has 1 heterocycles. The average molecular weight is 313 g/mol. The van der Waals surface area contributed by atoms with Crippen LogP contribution in [-0.2, 0) is 0 Å². The van der Waals surface area contributed by atoms with Crippen LogP contribution in [0.5, 0.6) is 5.75 Å². The van der Waals surface area contributed by atoms with Gasteiger partial charge in [0.15, 0.2) is 0 Å². The van der Waals surface area contributed by atoms with Crippen molar-refractivity contribution in [1.29, 1.82) is 0 Å². The first-order chi connectivity index (χ1) is 11.8. The van der Waals surface area contributed by atoms with E-state index in [1.165, 1.54) is 0 Å². The van der Waals surface area contributed by atoms with E-state index in [0.29, 0.717) is 5.56 Å². The summed E-state index contributed by atoms with van der Waals surface area (Å²) in [5.74, 6) is 0.797. The summed E-state index contributed by atoms with van der Waals surface area (Å²) in [6.07, 6.45) is 0.857. The molecule has 116 valence electrons. The van der Waals surface area contributed by atoms with E-state index in [2.05, 4.69) is 6.07 Å². The monoisotopic (exact) mass is 313 g/mol. The lowest BCUT2D eigenvalue weighted by Gasteiger charge is -2.12. The second-order valence-electron chi connectivity index (χ2n) is 5.63. The van der Waals surface area contributed by atoms with Gasteiger partial charge >= 0.3 is 0 Å². The fourth-order valence-electron chi connectivity index (χ4n) is 3.04. The molecule has 0 N–H and O–H groups in total. The van der Waals surface area contributed by atoms with Crippen molar-refractivity contribution in [2.75, 3.05) is 7.11 Å². The van der Waals surface area contributed by atoms with Crippen LogP contribution in [0, 0.1) is 0 Å². The third-order valence-electron chi connectivity index (χ3n) is 4.22. The Kier molecular flexibility index (Phi) is 3.47. The Morgan fingerprint density at radius 3 is 2.38 bits per heavy atom. The predicted octanol–water partition coefficient (Wildman–Crippen LogP) is 4.88. The van der Waals surface area contributed by atoms with E-state index in [1.54, 1.807) is 7.11 Å². The molecule has 0 atom stereocenters. The Balaban J connectivity index is 2.12. The average Bonchev–Trinajstić information content (AvgIpc) is 2.65. The second-order valence-corrected chi connectivity index (χ2v) is 5.63. The minimum Gasteiger partial charge on any atom is -0.497 e. The number of aromatic nitrogens is 1. The lowest BCUT2D eigenvalue weighted by Crippen LogP contribution is -1.91. The van der Waals surface area contributed by atoms with Crippen LogP contribution in [0.3, 0.4) is 0 Å². The van der Waals surface area contributed by atoms with E-state index in [1.807, 2.05) is 60.7 Å². The number of carbonyl (C=O) groups excluding carboxylic acids is 1. The molecule has 0 spiro atoms. The molecule has 0 unspecified atom stereocenters. The highest BCUT2D eigenvalue weighted by Crippen LogP contribution is 2.36. The van der Waals surface area contributed by atoms with E-state index in [4.69, 9.17) is 9.72 Å². The number of aldehydes is 1. The number of fused-ring (bicyclic) bond motifs is 2. The molecule has 0 aliphatic rings. The van der Waals surface area contributed by atoms with Gasteiger partial charge in [-0.15, -0.1) is 0 Å². The number of hydrogen-bond acceptors (Lipinski definition) is 3. The van der Waals surface area contributed by atoms with Crippen molar-refractivity contribution >= 4 is 28.1 Å². The van der Waals surface area contributed by atoms with Crippen molar-refractivity contribution in [2.24, 2.45) is 0 Å². The minimum absolute atomic E-state index is 0.666. The topological polar surface area (TPSA) is 39.2 Å². The van der Waals surface area contributed by atoms with Crippen LogP contribution in [-0.4, -0.2) is 18.4 Å². The molecular weight excluding hydrogens is 298 g/mol. The zero-order valence-corrected chi connectivity index (χ0v) is 13.2. The van der Waals surface area contributed by atoms with Crippen molar-refractivity contribution in [2.45, 2.75) is 0 Å². The number of benzene rings is 3. The van der Waals surface area contributed by atoms with Crippen molar-refractivity contribution in [1.82, 2.24) is 4.98 Å². The predicted molar refractivity (Wildman–Crippen MR) is 96.6 cm³/mol. The Morgan fingerprint density at radius 2 is 1.62 bits per heavy atom. The zero-order chi connectivity index (χ0) is 16.5. The van der Waals surface area contributed by atoms with Crippen LogP contribution in [0.25, 0.3) is 32.9 Å². The first kappa shape index (κ1) is 14.4. The van der Waals surface area contributed by atoms with Gasteiger partial charge in [0.2, 0.25) is 0 Å². The van der Waals surface area contributed by atoms with E-state index in [0.717, 1.165) is 45.0 Å². The molecule has 4 rings (SSSR count). The van der Waals surface area contributed by atoms with Gasteiger partial charge in [0.1, 0.15) is 12.0 Å². The number of hydrogen-bond donors (Lipinski definition) is 0. The smallest absolute Gasteiger partial charge is 0.150 e. The Hall–Kier alpha value is -3.20. The minimum atomic E-state index is 0.666. The molecule has 0 aliphatic carbocycles. The standard InChI is InChI=1S/C21H15NO2/c1-24-16-10-11-20-18(12-16)21(15-8-6-14(13-23)7-9-15)17-4-2-3-5-19(17)22-20/h2-13H,1H3. The third kappa shape index (κ3) is 2.31. The molecule has 3 heteroatoms. The Bertz CT molecular complexity index is 1050. The number of methoxy groups -OCH3 is 1. The highest BCUT2D eigenvalue weighted by Gasteiger charge is 2.12. The van der Waals surface area contributed by atoms with Gasteiger partial charge in [-0.1, -0.05) is 42.5 Å². The Morgan fingerprint density at radius 1 is 0.875 bits per heavy atom. The lowest BCUT2D eigenvalue weighted by atomic mass is 9.95.